The van der Waals surface area contributed by atoms with Crippen molar-refractivity contribution < 1.29 is 4.39 Å². The third-order valence-electron chi connectivity index (χ3n) is 3.43. The molecule has 0 saturated heterocycles. The summed E-state index contributed by atoms with van der Waals surface area (Å²) in [4.78, 5) is 6.46. The molecule has 0 aliphatic rings. The van der Waals surface area contributed by atoms with Crippen LogP contribution in [0, 0.1) is 5.82 Å². The van der Waals surface area contributed by atoms with Crippen LogP contribution in [0.15, 0.2) is 36.7 Å². The Hall–Kier alpha value is -1.72. The molecule has 1 unspecified atom stereocenters. The molecule has 0 bridgehead atoms. The molecule has 20 heavy (non-hydrogen) atoms. The fourth-order valence-corrected chi connectivity index (χ4v) is 2.13. The van der Waals surface area contributed by atoms with Crippen molar-refractivity contribution in [1.29, 1.82) is 0 Å². The highest BCUT2D eigenvalue weighted by atomic mass is 19.1. The van der Waals surface area contributed by atoms with Gasteiger partial charge in [-0.25, -0.2) is 9.37 Å². The van der Waals surface area contributed by atoms with Crippen molar-refractivity contribution in [2.24, 2.45) is 12.8 Å². The number of hydrogen-bond donors (Lipinski definition) is 1. The minimum absolute atomic E-state index is 0.144. The molecule has 108 valence electrons. The van der Waals surface area contributed by atoms with E-state index in [0.717, 1.165) is 30.9 Å². The maximum atomic E-state index is 13.1. The van der Waals surface area contributed by atoms with E-state index in [9.17, 15) is 4.39 Å². The average Bonchev–Trinajstić information content (AvgIpc) is 2.81. The highest BCUT2D eigenvalue weighted by Gasteiger charge is 2.10. The van der Waals surface area contributed by atoms with E-state index in [4.69, 9.17) is 5.73 Å². The van der Waals surface area contributed by atoms with Crippen molar-refractivity contribution in [3.8, 4) is 0 Å². The third-order valence-corrected chi connectivity index (χ3v) is 3.43. The van der Waals surface area contributed by atoms with Crippen LogP contribution in [0.3, 0.4) is 0 Å². The lowest BCUT2D eigenvalue weighted by Gasteiger charge is -2.19. The van der Waals surface area contributed by atoms with Crippen LogP contribution in [0.2, 0.25) is 0 Å². The Balaban J connectivity index is 1.84. The molecule has 0 aliphatic heterocycles. The van der Waals surface area contributed by atoms with Crippen LogP contribution in [-0.2, 0) is 13.6 Å². The van der Waals surface area contributed by atoms with E-state index in [-0.39, 0.29) is 11.9 Å². The number of benzene rings is 1. The number of hydrogen-bond acceptors (Lipinski definition) is 3. The van der Waals surface area contributed by atoms with E-state index < -0.39 is 0 Å². The van der Waals surface area contributed by atoms with Gasteiger partial charge in [0.1, 0.15) is 11.6 Å². The van der Waals surface area contributed by atoms with Crippen molar-refractivity contribution in [1.82, 2.24) is 14.5 Å². The molecule has 1 atom stereocenters. The fraction of sp³-hybridized carbons (Fsp3) is 0.400. The first-order valence-corrected chi connectivity index (χ1v) is 6.72. The second kappa shape index (κ2) is 6.63. The van der Waals surface area contributed by atoms with Crippen LogP contribution in [-0.4, -0.2) is 28.0 Å². The van der Waals surface area contributed by atoms with Gasteiger partial charge in [-0.1, -0.05) is 12.1 Å². The molecule has 0 aliphatic carbocycles. The molecule has 1 aromatic heterocycles. The molecule has 2 aromatic rings. The Kier molecular flexibility index (Phi) is 4.87. The third kappa shape index (κ3) is 3.88. The molecule has 2 rings (SSSR count). The van der Waals surface area contributed by atoms with E-state index in [0.29, 0.717) is 0 Å². The summed E-state index contributed by atoms with van der Waals surface area (Å²) in [6.07, 6.45) is 4.51. The van der Waals surface area contributed by atoms with Crippen molar-refractivity contribution in [2.75, 3.05) is 13.6 Å². The maximum absolute atomic E-state index is 13.1. The van der Waals surface area contributed by atoms with E-state index >= 15 is 0 Å². The van der Waals surface area contributed by atoms with Crippen molar-refractivity contribution >= 4 is 0 Å². The summed E-state index contributed by atoms with van der Waals surface area (Å²) in [5, 5.41) is 0. The number of nitrogens with zero attached hydrogens (tertiary/aromatic N) is 3. The van der Waals surface area contributed by atoms with Gasteiger partial charge in [-0.15, -0.1) is 0 Å². The van der Waals surface area contributed by atoms with E-state index in [1.807, 2.05) is 30.9 Å². The van der Waals surface area contributed by atoms with Gasteiger partial charge in [0.2, 0.25) is 0 Å². The van der Waals surface area contributed by atoms with Crippen molar-refractivity contribution in [3.63, 3.8) is 0 Å². The van der Waals surface area contributed by atoms with Gasteiger partial charge in [-0.2, -0.15) is 0 Å². The lowest BCUT2D eigenvalue weighted by atomic mass is 10.0. The Bertz CT molecular complexity index is 552. The van der Waals surface area contributed by atoms with E-state index in [2.05, 4.69) is 9.88 Å². The van der Waals surface area contributed by atoms with Crippen LogP contribution in [0.5, 0.6) is 0 Å². The quantitative estimate of drug-likeness (QED) is 0.878. The highest BCUT2D eigenvalue weighted by Crippen LogP contribution is 2.15. The maximum Gasteiger partial charge on any atom is 0.123 e. The molecule has 0 fully saturated rings. The zero-order valence-electron chi connectivity index (χ0n) is 12.0. The van der Waals surface area contributed by atoms with Crippen LogP contribution in [0.4, 0.5) is 4.39 Å². The highest BCUT2D eigenvalue weighted by molar-refractivity contribution is 5.19. The zero-order valence-corrected chi connectivity index (χ0v) is 12.0. The number of aryl methyl sites for hydroxylation is 1. The summed E-state index contributed by atoms with van der Waals surface area (Å²) in [5.74, 6) is 0.783. The number of rotatable bonds is 6. The first kappa shape index (κ1) is 14.7. The van der Waals surface area contributed by atoms with Crippen LogP contribution >= 0.6 is 0 Å². The number of halogens is 1. The Labute approximate surface area is 119 Å². The van der Waals surface area contributed by atoms with Gasteiger partial charge in [-0.05, 0) is 31.2 Å². The van der Waals surface area contributed by atoms with Gasteiger partial charge in [0, 0.05) is 32.0 Å². The van der Waals surface area contributed by atoms with Gasteiger partial charge in [-0.3, -0.25) is 4.90 Å². The van der Waals surface area contributed by atoms with Gasteiger partial charge >= 0.3 is 0 Å². The minimum Gasteiger partial charge on any atom is -0.337 e. The second-order valence-corrected chi connectivity index (χ2v) is 5.14. The summed E-state index contributed by atoms with van der Waals surface area (Å²) in [7, 11) is 4.02. The predicted molar refractivity (Wildman–Crippen MR) is 77.5 cm³/mol. The normalized spacial score (nSPS) is 12.8. The Morgan fingerprint density at radius 3 is 2.90 bits per heavy atom. The Morgan fingerprint density at radius 1 is 1.45 bits per heavy atom. The summed E-state index contributed by atoms with van der Waals surface area (Å²) in [6.45, 7) is 1.61. The topological polar surface area (TPSA) is 47.1 Å². The van der Waals surface area contributed by atoms with Crippen LogP contribution in [0.1, 0.15) is 23.9 Å². The van der Waals surface area contributed by atoms with Gasteiger partial charge < -0.3 is 10.3 Å². The molecule has 5 heteroatoms. The summed E-state index contributed by atoms with van der Waals surface area (Å²) in [5.41, 5.74) is 6.94. The van der Waals surface area contributed by atoms with Crippen molar-refractivity contribution in [3.05, 3.63) is 53.9 Å². The van der Waals surface area contributed by atoms with Gasteiger partial charge in [0.05, 0.1) is 6.54 Å². The number of imidazole rings is 1. The molecule has 0 radical (unpaired) electrons. The lowest BCUT2D eigenvalue weighted by Crippen LogP contribution is -2.24. The largest absolute Gasteiger partial charge is 0.337 e. The van der Waals surface area contributed by atoms with Crippen LogP contribution in [0.25, 0.3) is 0 Å². The average molecular weight is 276 g/mol. The molecule has 4 nitrogen and oxygen atoms in total. The summed E-state index contributed by atoms with van der Waals surface area (Å²) >= 11 is 0. The van der Waals surface area contributed by atoms with Crippen molar-refractivity contribution in [2.45, 2.75) is 19.0 Å². The molecule has 0 saturated carbocycles. The molecular formula is C15H21FN4. The lowest BCUT2D eigenvalue weighted by molar-refractivity contribution is 0.301. The number of nitrogens with two attached hydrogens (primary N) is 1. The Morgan fingerprint density at radius 2 is 2.25 bits per heavy atom. The first-order chi connectivity index (χ1) is 9.56. The predicted octanol–water partition coefficient (Wildman–Crippen LogP) is 2.08. The van der Waals surface area contributed by atoms with Crippen LogP contribution < -0.4 is 5.73 Å². The molecule has 0 amide bonds. The summed E-state index contributed by atoms with van der Waals surface area (Å²) in [6, 6.07) is 6.36. The number of aromatic nitrogens is 2. The SMILES string of the molecule is CN(CCC(N)c1cccc(F)c1)Cc1nccn1C. The van der Waals surface area contributed by atoms with Gasteiger partial charge in [0.25, 0.3) is 0 Å². The first-order valence-electron chi connectivity index (χ1n) is 6.72. The molecule has 1 heterocycles. The monoisotopic (exact) mass is 276 g/mol. The molecule has 2 N–H and O–H groups in total. The minimum atomic E-state index is -0.237. The molecule has 1 aromatic carbocycles. The fourth-order valence-electron chi connectivity index (χ4n) is 2.13. The zero-order chi connectivity index (χ0) is 14.5. The second-order valence-electron chi connectivity index (χ2n) is 5.14. The molecular weight excluding hydrogens is 255 g/mol. The smallest absolute Gasteiger partial charge is 0.123 e. The van der Waals surface area contributed by atoms with E-state index in [1.165, 1.54) is 12.1 Å². The van der Waals surface area contributed by atoms with E-state index in [1.54, 1.807) is 12.3 Å². The standard InChI is InChI=1S/C15H21FN4/c1-19(11-15-18-7-9-20(15)2)8-6-14(17)12-4-3-5-13(16)10-12/h3-5,7,9-10,14H,6,8,11,17H2,1-2H3. The van der Waals surface area contributed by atoms with Gasteiger partial charge in [0.15, 0.2) is 0 Å². The molecule has 0 spiro atoms. The summed E-state index contributed by atoms with van der Waals surface area (Å²) < 4.78 is 15.1.